The Bertz CT molecular complexity index is 680. The maximum atomic E-state index is 13.8. The molecule has 2 aromatic carbocycles. The van der Waals surface area contributed by atoms with Gasteiger partial charge >= 0.3 is 5.97 Å². The van der Waals surface area contributed by atoms with Crippen LogP contribution in [0.2, 0.25) is 0 Å². The van der Waals surface area contributed by atoms with Crippen molar-refractivity contribution in [2.75, 3.05) is 5.32 Å². The lowest BCUT2D eigenvalue weighted by molar-refractivity contribution is 0.0697. The Balaban J connectivity index is 1.79. The maximum Gasteiger partial charge on any atom is 0.335 e. The minimum Gasteiger partial charge on any atom is -0.478 e. The van der Waals surface area contributed by atoms with E-state index in [1.807, 2.05) is 18.2 Å². The van der Waals surface area contributed by atoms with Gasteiger partial charge in [0.1, 0.15) is 5.82 Å². The fraction of sp³-hybridized carbons (Fsp3) is 0.235. The second-order valence-corrected chi connectivity index (χ2v) is 5.33. The van der Waals surface area contributed by atoms with E-state index in [1.54, 1.807) is 0 Å². The first-order valence-corrected chi connectivity index (χ1v) is 6.99. The second-order valence-electron chi connectivity index (χ2n) is 5.33. The number of hydrogen-bond donors (Lipinski definition) is 2. The van der Waals surface area contributed by atoms with Gasteiger partial charge in [-0.3, -0.25) is 0 Å². The van der Waals surface area contributed by atoms with Crippen LogP contribution in [0.25, 0.3) is 0 Å². The second kappa shape index (κ2) is 5.56. The van der Waals surface area contributed by atoms with Crippen molar-refractivity contribution in [2.45, 2.75) is 25.3 Å². The van der Waals surface area contributed by atoms with Crippen LogP contribution in [0.1, 0.15) is 40.2 Å². The van der Waals surface area contributed by atoms with E-state index in [0.717, 1.165) is 5.56 Å². The molecule has 0 bridgehead atoms. The molecule has 1 fully saturated rings. The van der Waals surface area contributed by atoms with Crippen molar-refractivity contribution in [3.63, 3.8) is 0 Å². The summed E-state index contributed by atoms with van der Waals surface area (Å²) >= 11 is 0. The maximum absolute atomic E-state index is 13.8. The van der Waals surface area contributed by atoms with E-state index < -0.39 is 11.8 Å². The number of carboxylic acids is 1. The predicted octanol–water partition coefficient (Wildman–Crippen LogP) is 4.01. The van der Waals surface area contributed by atoms with Crippen LogP contribution in [0.4, 0.5) is 10.1 Å². The molecule has 108 valence electrons. The van der Waals surface area contributed by atoms with Crippen molar-refractivity contribution in [1.82, 2.24) is 0 Å². The molecule has 0 heterocycles. The Morgan fingerprint density at radius 1 is 1.24 bits per heavy atom. The molecule has 21 heavy (non-hydrogen) atoms. The molecular formula is C17H16FNO2. The third kappa shape index (κ3) is 3.05. The van der Waals surface area contributed by atoms with Crippen LogP contribution in [-0.2, 0) is 6.54 Å². The van der Waals surface area contributed by atoms with Crippen molar-refractivity contribution in [2.24, 2.45) is 0 Å². The zero-order chi connectivity index (χ0) is 14.8. The summed E-state index contributed by atoms with van der Waals surface area (Å²) in [5.41, 5.74) is 2.75. The van der Waals surface area contributed by atoms with Gasteiger partial charge in [0.2, 0.25) is 0 Å². The SMILES string of the molecule is O=C(O)c1ccc(F)c(NCc2ccccc2C2CC2)c1. The van der Waals surface area contributed by atoms with Gasteiger partial charge in [0.25, 0.3) is 0 Å². The van der Waals surface area contributed by atoms with Gasteiger partial charge in [-0.1, -0.05) is 24.3 Å². The predicted molar refractivity (Wildman–Crippen MR) is 79.1 cm³/mol. The number of rotatable bonds is 5. The van der Waals surface area contributed by atoms with Gasteiger partial charge in [-0.25, -0.2) is 9.18 Å². The van der Waals surface area contributed by atoms with Gasteiger partial charge in [-0.05, 0) is 48.1 Å². The molecule has 0 amide bonds. The number of nitrogens with one attached hydrogen (secondary N) is 1. The minimum absolute atomic E-state index is 0.0781. The van der Waals surface area contributed by atoms with E-state index >= 15 is 0 Å². The van der Waals surface area contributed by atoms with Gasteiger partial charge in [0.05, 0.1) is 11.3 Å². The van der Waals surface area contributed by atoms with Crippen LogP contribution in [0.15, 0.2) is 42.5 Å². The molecule has 4 heteroatoms. The lowest BCUT2D eigenvalue weighted by atomic mass is 10.0. The summed E-state index contributed by atoms with van der Waals surface area (Å²) < 4.78 is 13.8. The van der Waals surface area contributed by atoms with Gasteiger partial charge in [0, 0.05) is 6.54 Å². The summed E-state index contributed by atoms with van der Waals surface area (Å²) in [5, 5.41) is 12.0. The van der Waals surface area contributed by atoms with Gasteiger partial charge in [-0.15, -0.1) is 0 Å². The molecule has 3 nitrogen and oxygen atoms in total. The molecule has 2 N–H and O–H groups in total. The Labute approximate surface area is 122 Å². The summed E-state index contributed by atoms with van der Waals surface area (Å²) in [5.74, 6) is -0.876. The smallest absolute Gasteiger partial charge is 0.335 e. The summed E-state index contributed by atoms with van der Waals surface area (Å²) in [6.45, 7) is 0.493. The van der Waals surface area contributed by atoms with Crippen molar-refractivity contribution >= 4 is 11.7 Å². The van der Waals surface area contributed by atoms with Crippen molar-refractivity contribution in [1.29, 1.82) is 0 Å². The zero-order valence-corrected chi connectivity index (χ0v) is 11.5. The molecule has 0 unspecified atom stereocenters. The number of benzene rings is 2. The van der Waals surface area contributed by atoms with Gasteiger partial charge in [0.15, 0.2) is 0 Å². The Morgan fingerprint density at radius 2 is 2.00 bits per heavy atom. The first-order chi connectivity index (χ1) is 10.1. The Hall–Kier alpha value is -2.36. The molecule has 0 aliphatic heterocycles. The molecular weight excluding hydrogens is 269 g/mol. The quantitative estimate of drug-likeness (QED) is 0.872. The fourth-order valence-electron chi connectivity index (χ4n) is 2.47. The first kappa shape index (κ1) is 13.6. The zero-order valence-electron chi connectivity index (χ0n) is 11.5. The van der Waals surface area contributed by atoms with Gasteiger partial charge < -0.3 is 10.4 Å². The highest BCUT2D eigenvalue weighted by Crippen LogP contribution is 2.41. The molecule has 1 aliphatic rings. The summed E-state index contributed by atoms with van der Waals surface area (Å²) in [7, 11) is 0. The van der Waals surface area contributed by atoms with E-state index in [4.69, 9.17) is 5.11 Å². The molecule has 1 saturated carbocycles. The minimum atomic E-state index is -1.06. The molecule has 2 aromatic rings. The Morgan fingerprint density at radius 3 is 2.71 bits per heavy atom. The van der Waals surface area contributed by atoms with Crippen LogP contribution >= 0.6 is 0 Å². The first-order valence-electron chi connectivity index (χ1n) is 6.99. The topological polar surface area (TPSA) is 49.3 Å². The highest BCUT2D eigenvalue weighted by molar-refractivity contribution is 5.88. The highest BCUT2D eigenvalue weighted by atomic mass is 19.1. The number of carbonyl (C=O) groups is 1. The van der Waals surface area contributed by atoms with Crippen LogP contribution < -0.4 is 5.32 Å². The molecule has 0 atom stereocenters. The molecule has 0 saturated heterocycles. The highest BCUT2D eigenvalue weighted by Gasteiger charge is 2.25. The largest absolute Gasteiger partial charge is 0.478 e. The normalized spacial score (nSPS) is 14.0. The molecule has 0 aromatic heterocycles. The van der Waals surface area contributed by atoms with E-state index in [1.165, 1.54) is 36.6 Å². The van der Waals surface area contributed by atoms with Crippen LogP contribution in [0.3, 0.4) is 0 Å². The van der Waals surface area contributed by atoms with E-state index in [2.05, 4.69) is 11.4 Å². The van der Waals surface area contributed by atoms with Gasteiger partial charge in [-0.2, -0.15) is 0 Å². The third-order valence-electron chi connectivity index (χ3n) is 3.75. The van der Waals surface area contributed by atoms with E-state index in [-0.39, 0.29) is 11.3 Å². The average molecular weight is 285 g/mol. The number of carboxylic acid groups (broad SMARTS) is 1. The average Bonchev–Trinajstić information content (AvgIpc) is 3.31. The molecule has 0 spiro atoms. The van der Waals surface area contributed by atoms with Crippen molar-refractivity contribution < 1.29 is 14.3 Å². The molecule has 0 radical (unpaired) electrons. The Kier molecular flexibility index (Phi) is 3.60. The van der Waals surface area contributed by atoms with E-state index in [9.17, 15) is 9.18 Å². The lowest BCUT2D eigenvalue weighted by Gasteiger charge is -2.12. The fourth-order valence-corrected chi connectivity index (χ4v) is 2.47. The number of hydrogen-bond acceptors (Lipinski definition) is 2. The number of anilines is 1. The van der Waals surface area contributed by atoms with Crippen LogP contribution in [0, 0.1) is 5.82 Å². The molecule has 3 rings (SSSR count). The van der Waals surface area contributed by atoms with E-state index in [0.29, 0.717) is 12.5 Å². The summed E-state index contributed by atoms with van der Waals surface area (Å²) in [6, 6.07) is 11.9. The number of halogens is 1. The monoisotopic (exact) mass is 285 g/mol. The van der Waals surface area contributed by atoms with Crippen LogP contribution in [-0.4, -0.2) is 11.1 Å². The van der Waals surface area contributed by atoms with Crippen LogP contribution in [0.5, 0.6) is 0 Å². The third-order valence-corrected chi connectivity index (χ3v) is 3.75. The standard InChI is InChI=1S/C17H16FNO2/c18-15-8-7-12(17(20)21)9-16(15)19-10-13-3-1-2-4-14(13)11-5-6-11/h1-4,7-9,11,19H,5-6,10H2,(H,20,21). The van der Waals surface area contributed by atoms with Crippen molar-refractivity contribution in [3.05, 3.63) is 65.0 Å². The summed E-state index contributed by atoms with van der Waals surface area (Å²) in [4.78, 5) is 10.9. The molecule has 1 aliphatic carbocycles. The number of aromatic carboxylic acids is 1. The lowest BCUT2D eigenvalue weighted by Crippen LogP contribution is -2.06. The van der Waals surface area contributed by atoms with Crippen molar-refractivity contribution in [3.8, 4) is 0 Å². The summed E-state index contributed by atoms with van der Waals surface area (Å²) in [6.07, 6.45) is 2.42.